The molecule has 0 aromatic heterocycles. The zero-order valence-corrected chi connectivity index (χ0v) is 12.5. The van der Waals surface area contributed by atoms with Crippen LogP contribution in [0.5, 0.6) is 0 Å². The molecular formula is C13H18BrClN2O. The van der Waals surface area contributed by atoms with Gasteiger partial charge in [-0.2, -0.15) is 0 Å². The molecule has 1 saturated heterocycles. The van der Waals surface area contributed by atoms with Crippen molar-refractivity contribution in [1.29, 1.82) is 0 Å². The molecular weight excluding hydrogens is 316 g/mol. The fourth-order valence-electron chi connectivity index (χ4n) is 2.07. The van der Waals surface area contributed by atoms with Gasteiger partial charge in [0.15, 0.2) is 0 Å². The molecule has 5 heteroatoms. The quantitative estimate of drug-likeness (QED) is 0.893. The molecule has 0 saturated carbocycles. The maximum Gasteiger partial charge on any atom is 0.251 e. The molecule has 3 nitrogen and oxygen atoms in total. The Hall–Kier alpha value is -0.580. The van der Waals surface area contributed by atoms with Crippen molar-refractivity contribution in [2.45, 2.75) is 12.8 Å². The van der Waals surface area contributed by atoms with Gasteiger partial charge in [0.25, 0.3) is 5.91 Å². The van der Waals surface area contributed by atoms with Gasteiger partial charge in [0.1, 0.15) is 0 Å². The van der Waals surface area contributed by atoms with Crippen LogP contribution in [-0.4, -0.2) is 25.5 Å². The van der Waals surface area contributed by atoms with Crippen molar-refractivity contribution >= 4 is 34.2 Å². The molecule has 1 aliphatic heterocycles. The molecule has 1 atom stereocenters. The van der Waals surface area contributed by atoms with Crippen molar-refractivity contribution in [3.05, 3.63) is 34.3 Å². The van der Waals surface area contributed by atoms with Gasteiger partial charge in [0.2, 0.25) is 0 Å². The number of halogens is 2. The Kier molecular flexibility index (Phi) is 6.68. The van der Waals surface area contributed by atoms with E-state index in [2.05, 4.69) is 26.6 Å². The maximum atomic E-state index is 11.9. The van der Waals surface area contributed by atoms with Crippen LogP contribution in [0.15, 0.2) is 28.7 Å². The fraction of sp³-hybridized carbons (Fsp3) is 0.462. The van der Waals surface area contributed by atoms with Crippen LogP contribution in [0.1, 0.15) is 23.2 Å². The highest BCUT2D eigenvalue weighted by Gasteiger charge is 2.14. The number of piperidine rings is 1. The van der Waals surface area contributed by atoms with Crippen LogP contribution in [0.4, 0.5) is 0 Å². The van der Waals surface area contributed by atoms with Crippen LogP contribution in [0.3, 0.4) is 0 Å². The molecule has 1 heterocycles. The molecule has 1 aliphatic rings. The summed E-state index contributed by atoms with van der Waals surface area (Å²) in [6, 6.07) is 7.47. The molecule has 0 spiro atoms. The minimum atomic E-state index is 0. The van der Waals surface area contributed by atoms with E-state index >= 15 is 0 Å². The lowest BCUT2D eigenvalue weighted by Gasteiger charge is -2.22. The van der Waals surface area contributed by atoms with E-state index in [1.54, 1.807) is 0 Å². The first-order valence-corrected chi connectivity index (χ1v) is 6.79. The number of carbonyl (C=O) groups excluding carboxylic acids is 1. The fourth-order valence-corrected chi connectivity index (χ4v) is 2.47. The van der Waals surface area contributed by atoms with Gasteiger partial charge in [0, 0.05) is 16.6 Å². The standard InChI is InChI=1S/C13H17BrN2O.ClH/c14-12-5-1-4-11(7-12)13(17)16-9-10-3-2-6-15-8-10;/h1,4-5,7,10,15H,2-3,6,8-9H2,(H,16,17);1H. The molecule has 0 bridgehead atoms. The zero-order valence-electron chi connectivity index (χ0n) is 10.1. The Labute approximate surface area is 122 Å². The van der Waals surface area contributed by atoms with Gasteiger partial charge in [-0.25, -0.2) is 0 Å². The van der Waals surface area contributed by atoms with E-state index in [0.717, 1.165) is 24.1 Å². The second kappa shape index (κ2) is 7.77. The summed E-state index contributed by atoms with van der Waals surface area (Å²) in [6.45, 7) is 2.88. The number of hydrogen-bond donors (Lipinski definition) is 2. The first kappa shape index (κ1) is 15.5. The molecule has 0 aliphatic carbocycles. The normalized spacial score (nSPS) is 18.8. The Balaban J connectivity index is 0.00000162. The van der Waals surface area contributed by atoms with Crippen molar-refractivity contribution in [3.63, 3.8) is 0 Å². The molecule has 2 rings (SSSR count). The number of amides is 1. The summed E-state index contributed by atoms with van der Waals surface area (Å²) in [5, 5.41) is 6.34. The summed E-state index contributed by atoms with van der Waals surface area (Å²) in [5.74, 6) is 0.580. The van der Waals surface area contributed by atoms with Crippen molar-refractivity contribution in [3.8, 4) is 0 Å². The van der Waals surface area contributed by atoms with Gasteiger partial charge in [-0.05, 0) is 50.0 Å². The Morgan fingerprint density at radius 1 is 1.50 bits per heavy atom. The second-order valence-corrected chi connectivity index (χ2v) is 5.35. The third-order valence-electron chi connectivity index (χ3n) is 3.04. The minimum absolute atomic E-state index is 0. The number of hydrogen-bond acceptors (Lipinski definition) is 2. The lowest BCUT2D eigenvalue weighted by molar-refractivity contribution is 0.0945. The molecule has 0 radical (unpaired) electrons. The third-order valence-corrected chi connectivity index (χ3v) is 3.53. The summed E-state index contributed by atoms with van der Waals surface area (Å²) >= 11 is 3.37. The molecule has 18 heavy (non-hydrogen) atoms. The van der Waals surface area contributed by atoms with Gasteiger partial charge in [-0.3, -0.25) is 4.79 Å². The highest BCUT2D eigenvalue weighted by molar-refractivity contribution is 9.10. The summed E-state index contributed by atoms with van der Waals surface area (Å²) in [4.78, 5) is 11.9. The zero-order chi connectivity index (χ0) is 12.1. The topological polar surface area (TPSA) is 41.1 Å². The van der Waals surface area contributed by atoms with Crippen LogP contribution in [0.2, 0.25) is 0 Å². The lowest BCUT2D eigenvalue weighted by atomic mass is 10.00. The van der Waals surface area contributed by atoms with Gasteiger partial charge in [-0.1, -0.05) is 22.0 Å². The van der Waals surface area contributed by atoms with Crippen molar-refractivity contribution in [1.82, 2.24) is 10.6 Å². The molecule has 1 amide bonds. The lowest BCUT2D eigenvalue weighted by Crippen LogP contribution is -2.38. The molecule has 100 valence electrons. The van der Waals surface area contributed by atoms with E-state index < -0.39 is 0 Å². The number of benzene rings is 1. The summed E-state index contributed by atoms with van der Waals surface area (Å²) in [7, 11) is 0. The molecule has 1 unspecified atom stereocenters. The largest absolute Gasteiger partial charge is 0.352 e. The molecule has 1 aromatic carbocycles. The molecule has 1 fully saturated rings. The van der Waals surface area contributed by atoms with Gasteiger partial charge >= 0.3 is 0 Å². The first-order valence-electron chi connectivity index (χ1n) is 6.00. The van der Waals surface area contributed by atoms with Crippen LogP contribution in [0.25, 0.3) is 0 Å². The van der Waals surface area contributed by atoms with E-state index in [4.69, 9.17) is 0 Å². The maximum absolute atomic E-state index is 11.9. The predicted molar refractivity (Wildman–Crippen MR) is 79.3 cm³/mol. The average molecular weight is 334 g/mol. The van der Waals surface area contributed by atoms with Gasteiger partial charge in [0.05, 0.1) is 0 Å². The molecule has 1 aromatic rings. The van der Waals surface area contributed by atoms with Crippen molar-refractivity contribution in [2.75, 3.05) is 19.6 Å². The monoisotopic (exact) mass is 332 g/mol. The van der Waals surface area contributed by atoms with Crippen molar-refractivity contribution < 1.29 is 4.79 Å². The Bertz CT molecular complexity index is 394. The van der Waals surface area contributed by atoms with E-state index in [-0.39, 0.29) is 18.3 Å². The van der Waals surface area contributed by atoms with Crippen molar-refractivity contribution in [2.24, 2.45) is 5.92 Å². The average Bonchev–Trinajstić information content (AvgIpc) is 2.37. The van der Waals surface area contributed by atoms with Crippen LogP contribution in [0, 0.1) is 5.92 Å². The predicted octanol–water partition coefficient (Wildman–Crippen LogP) is 2.60. The van der Waals surface area contributed by atoms with E-state index in [9.17, 15) is 4.79 Å². The Morgan fingerprint density at radius 2 is 2.33 bits per heavy atom. The highest BCUT2D eigenvalue weighted by Crippen LogP contribution is 2.12. The molecule has 2 N–H and O–H groups in total. The minimum Gasteiger partial charge on any atom is -0.352 e. The van der Waals surface area contributed by atoms with Gasteiger partial charge < -0.3 is 10.6 Å². The summed E-state index contributed by atoms with van der Waals surface area (Å²) < 4.78 is 0.935. The van der Waals surface area contributed by atoms with Crippen LogP contribution in [-0.2, 0) is 0 Å². The van der Waals surface area contributed by atoms with E-state index in [1.165, 1.54) is 12.8 Å². The third kappa shape index (κ3) is 4.59. The number of nitrogens with one attached hydrogen (secondary N) is 2. The smallest absolute Gasteiger partial charge is 0.251 e. The van der Waals surface area contributed by atoms with Crippen LogP contribution >= 0.6 is 28.3 Å². The summed E-state index contributed by atoms with van der Waals surface area (Å²) in [6.07, 6.45) is 2.41. The second-order valence-electron chi connectivity index (χ2n) is 4.43. The van der Waals surface area contributed by atoms with Crippen LogP contribution < -0.4 is 10.6 Å². The van der Waals surface area contributed by atoms with E-state index in [1.807, 2.05) is 24.3 Å². The Morgan fingerprint density at radius 3 is 3.00 bits per heavy atom. The highest BCUT2D eigenvalue weighted by atomic mass is 79.9. The number of carbonyl (C=O) groups is 1. The SMILES string of the molecule is Cl.O=C(NCC1CCCNC1)c1cccc(Br)c1. The van der Waals surface area contributed by atoms with Gasteiger partial charge in [-0.15, -0.1) is 12.4 Å². The summed E-state index contributed by atoms with van der Waals surface area (Å²) in [5.41, 5.74) is 0.711. The van der Waals surface area contributed by atoms with E-state index in [0.29, 0.717) is 11.5 Å². The first-order chi connectivity index (χ1) is 8.25. The number of rotatable bonds is 3.